The summed E-state index contributed by atoms with van der Waals surface area (Å²) in [6.07, 6.45) is -3.97. The van der Waals surface area contributed by atoms with Crippen LogP contribution >= 0.6 is 15.9 Å². The molecule has 1 aromatic rings. The maximum Gasteiger partial charge on any atom is 0.393 e. The van der Waals surface area contributed by atoms with Crippen molar-refractivity contribution in [1.29, 1.82) is 0 Å². The predicted octanol–water partition coefficient (Wildman–Crippen LogP) is 4.00. The van der Waals surface area contributed by atoms with Crippen LogP contribution in [0.15, 0.2) is 22.7 Å². The van der Waals surface area contributed by atoms with Gasteiger partial charge in [-0.1, -0.05) is 0 Å². The molecule has 0 N–H and O–H groups in total. The summed E-state index contributed by atoms with van der Waals surface area (Å²) in [6, 6.07) is 3.80. The summed E-state index contributed by atoms with van der Waals surface area (Å²) in [5.74, 6) is -2.67. The third kappa shape index (κ3) is 3.31. The van der Waals surface area contributed by atoms with E-state index < -0.39 is 23.8 Å². The van der Waals surface area contributed by atoms with Crippen LogP contribution in [0.3, 0.4) is 0 Å². The van der Waals surface area contributed by atoms with Crippen molar-refractivity contribution in [2.75, 3.05) is 13.1 Å². The summed E-state index contributed by atoms with van der Waals surface area (Å²) < 4.78 is 51.7. The number of hydrogen-bond acceptors (Lipinski definition) is 1. The van der Waals surface area contributed by atoms with Crippen molar-refractivity contribution in [1.82, 2.24) is 4.90 Å². The Bertz CT molecular complexity index is 518. The second-order valence-corrected chi connectivity index (χ2v) is 5.62. The Morgan fingerprint density at radius 2 is 2.05 bits per heavy atom. The quantitative estimate of drug-likeness (QED) is 0.698. The molecule has 0 aliphatic carbocycles. The van der Waals surface area contributed by atoms with Crippen molar-refractivity contribution >= 4 is 21.8 Å². The number of carbonyl (C=O) groups excluding carboxylic acids is 1. The zero-order valence-corrected chi connectivity index (χ0v) is 12.0. The monoisotopic (exact) mass is 353 g/mol. The van der Waals surface area contributed by atoms with Crippen molar-refractivity contribution in [3.05, 3.63) is 34.1 Å². The van der Waals surface area contributed by atoms with E-state index in [9.17, 15) is 22.4 Å². The first kappa shape index (κ1) is 15.3. The van der Waals surface area contributed by atoms with E-state index in [-0.39, 0.29) is 29.5 Å². The molecule has 1 saturated heterocycles. The largest absolute Gasteiger partial charge is 0.393 e. The Morgan fingerprint density at radius 3 is 2.65 bits per heavy atom. The van der Waals surface area contributed by atoms with Crippen LogP contribution < -0.4 is 0 Å². The molecule has 1 heterocycles. The number of hydrogen-bond donors (Lipinski definition) is 0. The maximum absolute atomic E-state index is 13.4. The van der Waals surface area contributed by atoms with Gasteiger partial charge in [-0.3, -0.25) is 4.79 Å². The number of carbonyl (C=O) groups is 1. The van der Waals surface area contributed by atoms with Gasteiger partial charge < -0.3 is 4.90 Å². The standard InChI is InChI=1S/C13H12BrF4NO/c14-10-4-3-8(6-11(10)15)12(20)19-5-1-2-9(7-19)13(16,17)18/h3-4,6,9H,1-2,5,7H2. The molecule has 0 aromatic heterocycles. The molecule has 0 saturated carbocycles. The highest BCUT2D eigenvalue weighted by atomic mass is 79.9. The minimum absolute atomic E-state index is 0.0297. The highest BCUT2D eigenvalue weighted by Gasteiger charge is 2.42. The molecule has 2 nitrogen and oxygen atoms in total. The van der Waals surface area contributed by atoms with Crippen molar-refractivity contribution in [2.24, 2.45) is 5.92 Å². The fraction of sp³-hybridized carbons (Fsp3) is 0.462. The molecule has 1 fully saturated rings. The lowest BCUT2D eigenvalue weighted by Gasteiger charge is -2.33. The summed E-state index contributed by atoms with van der Waals surface area (Å²) in [5, 5.41) is 0. The van der Waals surface area contributed by atoms with Crippen LogP contribution in [0.4, 0.5) is 17.6 Å². The smallest absolute Gasteiger partial charge is 0.338 e. The first-order valence-corrected chi connectivity index (χ1v) is 6.89. The Kier molecular flexibility index (Phi) is 4.36. The van der Waals surface area contributed by atoms with Crippen LogP contribution in [-0.4, -0.2) is 30.1 Å². The van der Waals surface area contributed by atoms with E-state index in [0.29, 0.717) is 6.42 Å². The molecular weight excluding hydrogens is 342 g/mol. The number of halogens is 5. The van der Waals surface area contributed by atoms with Gasteiger partial charge in [0.1, 0.15) is 5.82 Å². The Balaban J connectivity index is 2.14. The Hall–Kier alpha value is -1.11. The lowest BCUT2D eigenvalue weighted by Crippen LogP contribution is -2.44. The lowest BCUT2D eigenvalue weighted by atomic mass is 9.97. The van der Waals surface area contributed by atoms with Gasteiger partial charge in [-0.05, 0) is 47.0 Å². The second kappa shape index (κ2) is 5.71. The predicted molar refractivity (Wildman–Crippen MR) is 68.8 cm³/mol. The van der Waals surface area contributed by atoms with Crippen LogP contribution in [0.25, 0.3) is 0 Å². The first-order valence-electron chi connectivity index (χ1n) is 6.10. The number of benzene rings is 1. The normalized spacial score (nSPS) is 20.1. The molecule has 1 aliphatic rings. The van der Waals surface area contributed by atoms with E-state index in [1.165, 1.54) is 12.1 Å². The molecule has 110 valence electrons. The highest BCUT2D eigenvalue weighted by Crippen LogP contribution is 2.33. The summed E-state index contributed by atoms with van der Waals surface area (Å²) in [6.45, 7) is -0.0941. The Morgan fingerprint density at radius 1 is 1.35 bits per heavy atom. The van der Waals surface area contributed by atoms with Gasteiger partial charge in [-0.2, -0.15) is 13.2 Å². The fourth-order valence-electron chi connectivity index (χ4n) is 2.24. The summed E-state index contributed by atoms with van der Waals surface area (Å²) in [7, 11) is 0. The van der Waals surface area contributed by atoms with Gasteiger partial charge in [0.15, 0.2) is 0 Å². The third-order valence-electron chi connectivity index (χ3n) is 3.34. The number of amides is 1. The van der Waals surface area contributed by atoms with Gasteiger partial charge in [0.2, 0.25) is 0 Å². The van der Waals surface area contributed by atoms with Crippen LogP contribution in [0.2, 0.25) is 0 Å². The van der Waals surface area contributed by atoms with Crippen molar-refractivity contribution < 1.29 is 22.4 Å². The zero-order valence-electron chi connectivity index (χ0n) is 10.4. The second-order valence-electron chi connectivity index (χ2n) is 4.76. The lowest BCUT2D eigenvalue weighted by molar-refractivity contribution is -0.184. The number of rotatable bonds is 1. The third-order valence-corrected chi connectivity index (χ3v) is 3.98. The van der Waals surface area contributed by atoms with E-state index in [1.807, 2.05) is 0 Å². The number of likely N-dealkylation sites (tertiary alicyclic amines) is 1. The molecule has 20 heavy (non-hydrogen) atoms. The summed E-state index contributed by atoms with van der Waals surface area (Å²) in [4.78, 5) is 13.3. The Labute approximate surface area is 121 Å². The van der Waals surface area contributed by atoms with E-state index in [4.69, 9.17) is 0 Å². The fourth-order valence-corrected chi connectivity index (χ4v) is 2.49. The first-order chi connectivity index (χ1) is 9.29. The van der Waals surface area contributed by atoms with Crippen LogP contribution in [-0.2, 0) is 0 Å². The number of alkyl halides is 3. The van der Waals surface area contributed by atoms with Crippen molar-refractivity contribution in [2.45, 2.75) is 19.0 Å². The average Bonchev–Trinajstić information content (AvgIpc) is 2.40. The number of nitrogens with zero attached hydrogens (tertiary/aromatic N) is 1. The molecule has 1 unspecified atom stereocenters. The van der Waals surface area contributed by atoms with Gasteiger partial charge in [-0.15, -0.1) is 0 Å². The summed E-state index contributed by atoms with van der Waals surface area (Å²) in [5.41, 5.74) is 0.0634. The molecule has 1 atom stereocenters. The molecule has 0 radical (unpaired) electrons. The molecule has 7 heteroatoms. The van der Waals surface area contributed by atoms with E-state index in [1.54, 1.807) is 0 Å². The van der Waals surface area contributed by atoms with Crippen LogP contribution in [0.1, 0.15) is 23.2 Å². The molecule has 0 bridgehead atoms. The van der Waals surface area contributed by atoms with Gasteiger partial charge in [0, 0.05) is 18.7 Å². The van der Waals surface area contributed by atoms with Gasteiger partial charge in [0.05, 0.1) is 10.4 Å². The zero-order chi connectivity index (χ0) is 14.9. The maximum atomic E-state index is 13.4. The average molecular weight is 354 g/mol. The van der Waals surface area contributed by atoms with Crippen molar-refractivity contribution in [3.63, 3.8) is 0 Å². The highest BCUT2D eigenvalue weighted by molar-refractivity contribution is 9.10. The van der Waals surface area contributed by atoms with E-state index in [2.05, 4.69) is 15.9 Å². The molecule has 1 aromatic carbocycles. The topological polar surface area (TPSA) is 20.3 Å². The summed E-state index contributed by atoms with van der Waals surface area (Å²) >= 11 is 2.96. The molecule has 1 aliphatic heterocycles. The molecule has 2 rings (SSSR count). The van der Waals surface area contributed by atoms with Crippen LogP contribution in [0, 0.1) is 11.7 Å². The molecule has 0 spiro atoms. The van der Waals surface area contributed by atoms with Gasteiger partial charge in [-0.25, -0.2) is 4.39 Å². The molecular formula is C13H12BrF4NO. The minimum Gasteiger partial charge on any atom is -0.338 e. The number of piperidine rings is 1. The van der Waals surface area contributed by atoms with Gasteiger partial charge >= 0.3 is 6.18 Å². The van der Waals surface area contributed by atoms with Crippen molar-refractivity contribution in [3.8, 4) is 0 Å². The van der Waals surface area contributed by atoms with E-state index in [0.717, 1.165) is 11.0 Å². The SMILES string of the molecule is O=C(c1ccc(Br)c(F)c1)N1CCCC(C(F)(F)F)C1. The molecule has 1 amide bonds. The van der Waals surface area contributed by atoms with Gasteiger partial charge in [0.25, 0.3) is 5.91 Å². The minimum atomic E-state index is -4.30. The van der Waals surface area contributed by atoms with E-state index >= 15 is 0 Å². The van der Waals surface area contributed by atoms with Crippen LogP contribution in [0.5, 0.6) is 0 Å².